The number of hydrogen-bond acceptors (Lipinski definition) is 3. The molecule has 6 heteroatoms. The van der Waals surface area contributed by atoms with Gasteiger partial charge in [-0.25, -0.2) is 4.79 Å². The van der Waals surface area contributed by atoms with Crippen LogP contribution in [0.2, 0.25) is 5.02 Å². The molecule has 0 saturated carbocycles. The maximum absolute atomic E-state index is 12.1. The number of hydrogen-bond donors (Lipinski definition) is 3. The van der Waals surface area contributed by atoms with E-state index in [1.54, 1.807) is 0 Å². The number of rotatable bonds is 6. The maximum Gasteiger partial charge on any atom is 0.315 e. The SMILES string of the molecule is CC(C)(CCO)CNC(=O)NC1CCOC1c1ccc(Cl)cc1. The molecule has 0 bridgehead atoms. The van der Waals surface area contributed by atoms with Crippen LogP contribution < -0.4 is 10.6 Å². The molecule has 0 aromatic heterocycles. The maximum atomic E-state index is 12.1. The van der Waals surface area contributed by atoms with Gasteiger partial charge in [0.15, 0.2) is 0 Å². The van der Waals surface area contributed by atoms with Crippen LogP contribution in [-0.2, 0) is 4.74 Å². The first-order chi connectivity index (χ1) is 10.9. The second-order valence-electron chi connectivity index (χ2n) is 6.70. The Morgan fingerprint density at radius 3 is 2.74 bits per heavy atom. The summed E-state index contributed by atoms with van der Waals surface area (Å²) in [4.78, 5) is 12.1. The number of aliphatic hydroxyl groups is 1. The minimum atomic E-state index is -0.203. The predicted octanol–water partition coefficient (Wildman–Crippen LogP) is 2.88. The van der Waals surface area contributed by atoms with Gasteiger partial charge in [0.05, 0.1) is 6.04 Å². The molecule has 1 heterocycles. The highest BCUT2D eigenvalue weighted by Crippen LogP contribution is 2.29. The molecule has 1 aromatic rings. The lowest BCUT2D eigenvalue weighted by molar-refractivity contribution is 0.0997. The number of carbonyl (C=O) groups excluding carboxylic acids is 1. The van der Waals surface area contributed by atoms with Gasteiger partial charge in [0.2, 0.25) is 0 Å². The van der Waals surface area contributed by atoms with Gasteiger partial charge in [0, 0.05) is 24.8 Å². The Kier molecular flexibility index (Phi) is 6.27. The van der Waals surface area contributed by atoms with Gasteiger partial charge in [-0.1, -0.05) is 37.6 Å². The third kappa shape index (κ3) is 5.37. The summed E-state index contributed by atoms with van der Waals surface area (Å²) in [7, 11) is 0. The molecule has 5 nitrogen and oxygen atoms in total. The molecule has 1 aliphatic heterocycles. The first-order valence-corrected chi connectivity index (χ1v) is 8.31. The number of ether oxygens (including phenoxy) is 1. The molecule has 1 saturated heterocycles. The van der Waals surface area contributed by atoms with Crippen molar-refractivity contribution in [3.8, 4) is 0 Å². The Morgan fingerprint density at radius 1 is 1.39 bits per heavy atom. The van der Waals surface area contributed by atoms with Crippen LogP contribution in [0.3, 0.4) is 0 Å². The Hall–Kier alpha value is -1.30. The van der Waals surface area contributed by atoms with E-state index in [0.717, 1.165) is 12.0 Å². The van der Waals surface area contributed by atoms with Crippen molar-refractivity contribution in [2.75, 3.05) is 19.8 Å². The fourth-order valence-electron chi connectivity index (χ4n) is 2.65. The van der Waals surface area contributed by atoms with E-state index in [0.29, 0.717) is 24.6 Å². The van der Waals surface area contributed by atoms with Crippen molar-refractivity contribution in [3.63, 3.8) is 0 Å². The van der Waals surface area contributed by atoms with E-state index in [1.807, 2.05) is 38.1 Å². The van der Waals surface area contributed by atoms with Gasteiger partial charge in [0.1, 0.15) is 6.10 Å². The number of urea groups is 1. The third-order valence-electron chi connectivity index (χ3n) is 4.12. The highest BCUT2D eigenvalue weighted by Gasteiger charge is 2.31. The van der Waals surface area contributed by atoms with Crippen LogP contribution in [0.4, 0.5) is 4.79 Å². The van der Waals surface area contributed by atoms with Crippen molar-refractivity contribution in [2.45, 2.75) is 38.8 Å². The second kappa shape index (κ2) is 7.99. The summed E-state index contributed by atoms with van der Waals surface area (Å²) < 4.78 is 5.76. The number of benzene rings is 1. The summed E-state index contributed by atoms with van der Waals surface area (Å²) in [6.07, 6.45) is 1.28. The molecule has 2 rings (SSSR count). The zero-order chi connectivity index (χ0) is 16.9. The average Bonchev–Trinajstić information content (AvgIpc) is 2.94. The Labute approximate surface area is 142 Å². The molecular formula is C17H25ClN2O3. The fraction of sp³-hybridized carbons (Fsp3) is 0.588. The Balaban J connectivity index is 1.88. The minimum Gasteiger partial charge on any atom is -0.396 e. The molecule has 128 valence electrons. The van der Waals surface area contributed by atoms with Crippen LogP contribution in [0.5, 0.6) is 0 Å². The van der Waals surface area contributed by atoms with E-state index in [4.69, 9.17) is 21.4 Å². The fourth-order valence-corrected chi connectivity index (χ4v) is 2.77. The number of aliphatic hydroxyl groups excluding tert-OH is 1. The van der Waals surface area contributed by atoms with Crippen molar-refractivity contribution in [3.05, 3.63) is 34.9 Å². The monoisotopic (exact) mass is 340 g/mol. The third-order valence-corrected chi connectivity index (χ3v) is 4.37. The van der Waals surface area contributed by atoms with Gasteiger partial charge in [-0.3, -0.25) is 0 Å². The topological polar surface area (TPSA) is 70.6 Å². The van der Waals surface area contributed by atoms with Crippen molar-refractivity contribution >= 4 is 17.6 Å². The van der Waals surface area contributed by atoms with Gasteiger partial charge in [0.25, 0.3) is 0 Å². The van der Waals surface area contributed by atoms with Crippen LogP contribution in [0.1, 0.15) is 38.4 Å². The molecule has 0 radical (unpaired) electrons. The van der Waals surface area contributed by atoms with E-state index in [1.165, 1.54) is 0 Å². The molecule has 1 fully saturated rings. The number of halogens is 1. The zero-order valence-corrected chi connectivity index (χ0v) is 14.4. The van der Waals surface area contributed by atoms with E-state index < -0.39 is 0 Å². The second-order valence-corrected chi connectivity index (χ2v) is 7.14. The van der Waals surface area contributed by atoms with Crippen LogP contribution in [-0.4, -0.2) is 36.9 Å². The summed E-state index contributed by atoms with van der Waals surface area (Å²) in [6.45, 7) is 5.27. The van der Waals surface area contributed by atoms with E-state index in [9.17, 15) is 4.79 Å². The lowest BCUT2D eigenvalue weighted by atomic mass is 9.90. The molecule has 0 spiro atoms. The summed E-state index contributed by atoms with van der Waals surface area (Å²) in [5.74, 6) is 0. The summed E-state index contributed by atoms with van der Waals surface area (Å²) in [5, 5.41) is 15.6. The van der Waals surface area contributed by atoms with Crippen LogP contribution >= 0.6 is 11.6 Å². The van der Waals surface area contributed by atoms with Gasteiger partial charge in [-0.15, -0.1) is 0 Å². The average molecular weight is 341 g/mol. The molecule has 3 N–H and O–H groups in total. The Bertz CT molecular complexity index is 519. The van der Waals surface area contributed by atoms with E-state index >= 15 is 0 Å². The molecule has 2 atom stereocenters. The molecule has 1 aliphatic rings. The highest BCUT2D eigenvalue weighted by atomic mass is 35.5. The molecule has 1 aromatic carbocycles. The van der Waals surface area contributed by atoms with Gasteiger partial charge in [-0.05, 0) is 36.0 Å². The number of carbonyl (C=O) groups is 1. The minimum absolute atomic E-state index is 0.0582. The van der Waals surface area contributed by atoms with Crippen molar-refractivity contribution in [2.24, 2.45) is 5.41 Å². The smallest absolute Gasteiger partial charge is 0.315 e. The first-order valence-electron chi connectivity index (χ1n) is 7.93. The molecule has 2 unspecified atom stereocenters. The summed E-state index contributed by atoms with van der Waals surface area (Å²) in [5.41, 5.74) is 0.881. The summed E-state index contributed by atoms with van der Waals surface area (Å²) in [6, 6.07) is 7.24. The van der Waals surface area contributed by atoms with Crippen molar-refractivity contribution < 1.29 is 14.6 Å². The van der Waals surface area contributed by atoms with Crippen LogP contribution in [0.25, 0.3) is 0 Å². The predicted molar refractivity (Wildman–Crippen MR) is 90.6 cm³/mol. The number of nitrogens with one attached hydrogen (secondary N) is 2. The molecule has 0 aliphatic carbocycles. The van der Waals surface area contributed by atoms with E-state index in [-0.39, 0.29) is 30.2 Å². The van der Waals surface area contributed by atoms with Gasteiger partial charge >= 0.3 is 6.03 Å². The molecule has 23 heavy (non-hydrogen) atoms. The highest BCUT2D eigenvalue weighted by molar-refractivity contribution is 6.30. The van der Waals surface area contributed by atoms with E-state index in [2.05, 4.69) is 10.6 Å². The first kappa shape index (κ1) is 18.0. The lowest BCUT2D eigenvalue weighted by Gasteiger charge is -2.25. The standard InChI is InChI=1S/C17H25ClN2O3/c1-17(2,8-9-21)11-19-16(22)20-14-7-10-23-15(14)12-3-5-13(18)6-4-12/h3-6,14-15,21H,7-11H2,1-2H3,(H2,19,20,22). The number of amides is 2. The van der Waals surface area contributed by atoms with Crippen LogP contribution in [0.15, 0.2) is 24.3 Å². The van der Waals surface area contributed by atoms with Crippen molar-refractivity contribution in [1.29, 1.82) is 0 Å². The normalized spacial score (nSPS) is 21.2. The quantitative estimate of drug-likeness (QED) is 0.745. The van der Waals surface area contributed by atoms with Gasteiger partial charge in [-0.2, -0.15) is 0 Å². The van der Waals surface area contributed by atoms with Crippen LogP contribution in [0, 0.1) is 5.41 Å². The Morgan fingerprint density at radius 2 is 2.09 bits per heavy atom. The molecule has 2 amide bonds. The summed E-state index contributed by atoms with van der Waals surface area (Å²) >= 11 is 5.91. The zero-order valence-electron chi connectivity index (χ0n) is 13.6. The molecular weight excluding hydrogens is 316 g/mol. The largest absolute Gasteiger partial charge is 0.396 e. The van der Waals surface area contributed by atoms with Crippen molar-refractivity contribution in [1.82, 2.24) is 10.6 Å². The lowest BCUT2D eigenvalue weighted by Crippen LogP contribution is -2.46. The van der Waals surface area contributed by atoms with Gasteiger partial charge < -0.3 is 20.5 Å².